The molecule has 1 atom stereocenters. The van der Waals surface area contributed by atoms with Gasteiger partial charge >= 0.3 is 5.97 Å². The summed E-state index contributed by atoms with van der Waals surface area (Å²) in [7, 11) is 0. The van der Waals surface area contributed by atoms with E-state index in [1.807, 2.05) is 6.92 Å². The lowest BCUT2D eigenvalue weighted by Crippen LogP contribution is -2.34. The predicted molar refractivity (Wildman–Crippen MR) is 70.7 cm³/mol. The highest BCUT2D eigenvalue weighted by molar-refractivity contribution is 5.68. The van der Waals surface area contributed by atoms with Gasteiger partial charge in [-0.05, 0) is 31.6 Å². The third kappa shape index (κ3) is 3.34. The average Bonchev–Trinajstić information content (AvgIpc) is 2.29. The summed E-state index contributed by atoms with van der Waals surface area (Å²) >= 11 is 0. The molecule has 98 valence electrons. The average molecular weight is 238 g/mol. The maximum atomic E-state index is 11.3. The largest absolute Gasteiger partial charge is 0.465 e. The van der Waals surface area contributed by atoms with Gasteiger partial charge in [0.1, 0.15) is 0 Å². The van der Waals surface area contributed by atoms with Crippen molar-refractivity contribution >= 4 is 5.97 Å². The van der Waals surface area contributed by atoms with Crippen LogP contribution in [0.3, 0.4) is 0 Å². The molecule has 0 saturated heterocycles. The highest BCUT2D eigenvalue weighted by Gasteiger charge is 2.36. The molecule has 0 aromatic carbocycles. The summed E-state index contributed by atoms with van der Waals surface area (Å²) in [5, 5.41) is 0. The summed E-state index contributed by atoms with van der Waals surface area (Å²) < 4.78 is 5.37. The third-order valence-electron chi connectivity index (χ3n) is 4.14. The zero-order valence-corrected chi connectivity index (χ0v) is 11.9. The van der Waals surface area contributed by atoms with E-state index in [-0.39, 0.29) is 11.4 Å². The molecule has 0 aromatic heterocycles. The lowest BCUT2D eigenvalue weighted by atomic mass is 9.66. The first kappa shape index (κ1) is 14.3. The molecule has 2 nitrogen and oxygen atoms in total. The molecule has 0 saturated carbocycles. The monoisotopic (exact) mass is 238 g/mol. The summed E-state index contributed by atoms with van der Waals surface area (Å²) in [5.41, 5.74) is 3.26. The van der Waals surface area contributed by atoms with E-state index in [0.29, 0.717) is 18.9 Å². The summed E-state index contributed by atoms with van der Waals surface area (Å²) in [6, 6.07) is 0. The molecule has 1 rings (SSSR count). The molecule has 0 amide bonds. The van der Waals surface area contributed by atoms with E-state index in [9.17, 15) is 4.79 Å². The molecule has 0 aliphatic heterocycles. The zero-order chi connectivity index (χ0) is 13.1. The summed E-state index contributed by atoms with van der Waals surface area (Å²) in [6.07, 6.45) is 3.92. The summed E-state index contributed by atoms with van der Waals surface area (Å²) in [4.78, 5) is 11.3. The molecule has 1 unspecified atom stereocenters. The minimum atomic E-state index is -0.0838. The Bertz CT molecular complexity index is 313. The molecular weight excluding hydrogens is 212 g/mol. The molecule has 0 radical (unpaired) electrons. The Hall–Kier alpha value is -0.790. The maximum Gasteiger partial charge on any atom is 0.305 e. The number of hydrogen-bond donors (Lipinski definition) is 0. The van der Waals surface area contributed by atoms with Crippen LogP contribution in [0.1, 0.15) is 60.3 Å². The number of hydrogen-bond acceptors (Lipinski definition) is 2. The van der Waals surface area contributed by atoms with E-state index < -0.39 is 0 Å². The third-order valence-corrected chi connectivity index (χ3v) is 4.14. The lowest BCUT2D eigenvalue weighted by molar-refractivity contribution is -0.145. The van der Waals surface area contributed by atoms with Gasteiger partial charge in [-0.1, -0.05) is 38.8 Å². The Kier molecular flexibility index (Phi) is 4.79. The van der Waals surface area contributed by atoms with Gasteiger partial charge < -0.3 is 4.74 Å². The number of carbonyl (C=O) groups excluding carboxylic acids is 1. The van der Waals surface area contributed by atoms with Crippen molar-refractivity contribution in [3.63, 3.8) is 0 Å². The van der Waals surface area contributed by atoms with Crippen molar-refractivity contribution in [1.29, 1.82) is 0 Å². The van der Waals surface area contributed by atoms with E-state index in [0.717, 1.165) is 6.42 Å². The highest BCUT2D eigenvalue weighted by atomic mass is 16.5. The van der Waals surface area contributed by atoms with Crippen molar-refractivity contribution in [2.45, 2.75) is 60.3 Å². The van der Waals surface area contributed by atoms with E-state index in [1.165, 1.54) is 24.0 Å². The van der Waals surface area contributed by atoms with Crippen LogP contribution in [0, 0.1) is 11.3 Å². The van der Waals surface area contributed by atoms with E-state index in [4.69, 9.17) is 4.74 Å². The maximum absolute atomic E-state index is 11.3. The van der Waals surface area contributed by atoms with Gasteiger partial charge in [-0.25, -0.2) is 0 Å². The molecule has 0 N–H and O–H groups in total. The minimum absolute atomic E-state index is 0.0838. The molecule has 0 bridgehead atoms. The fourth-order valence-corrected chi connectivity index (χ4v) is 2.77. The summed E-state index contributed by atoms with van der Waals surface area (Å²) in [6.45, 7) is 11.4. The van der Waals surface area contributed by atoms with E-state index in [1.54, 1.807) is 0 Å². The van der Waals surface area contributed by atoms with Gasteiger partial charge in [0.2, 0.25) is 0 Å². The van der Waals surface area contributed by atoms with Crippen molar-refractivity contribution in [1.82, 2.24) is 0 Å². The van der Waals surface area contributed by atoms with Gasteiger partial charge in [-0.3, -0.25) is 4.79 Å². The van der Waals surface area contributed by atoms with Gasteiger partial charge in [0.15, 0.2) is 0 Å². The fraction of sp³-hybridized carbons (Fsp3) is 0.800. The van der Waals surface area contributed by atoms with Crippen molar-refractivity contribution < 1.29 is 9.53 Å². The SMILES string of the molecule is CCC(=O)OCC1C(CC)=C(C)CCC1(C)C. The Morgan fingerprint density at radius 3 is 2.59 bits per heavy atom. The van der Waals surface area contributed by atoms with E-state index >= 15 is 0 Å². The number of esters is 1. The van der Waals surface area contributed by atoms with Crippen LogP contribution in [0.2, 0.25) is 0 Å². The molecule has 17 heavy (non-hydrogen) atoms. The van der Waals surface area contributed by atoms with Crippen LogP contribution in [0.15, 0.2) is 11.1 Å². The molecular formula is C15H26O2. The fourth-order valence-electron chi connectivity index (χ4n) is 2.77. The predicted octanol–water partition coefficient (Wildman–Crippen LogP) is 4.10. The van der Waals surface area contributed by atoms with Crippen LogP contribution in [-0.2, 0) is 9.53 Å². The molecule has 0 fully saturated rings. The van der Waals surface area contributed by atoms with Crippen molar-refractivity contribution in [2.24, 2.45) is 11.3 Å². The topological polar surface area (TPSA) is 26.3 Å². The molecule has 2 heteroatoms. The van der Waals surface area contributed by atoms with Gasteiger partial charge in [0.25, 0.3) is 0 Å². The minimum Gasteiger partial charge on any atom is -0.465 e. The second-order valence-corrected chi connectivity index (χ2v) is 5.74. The standard InChI is InChI=1S/C15H26O2/c1-6-12-11(3)8-9-15(4,5)13(12)10-17-14(16)7-2/h13H,6-10H2,1-5H3. The first-order chi connectivity index (χ1) is 7.92. The zero-order valence-electron chi connectivity index (χ0n) is 11.9. The highest BCUT2D eigenvalue weighted by Crippen LogP contribution is 2.44. The number of ether oxygens (including phenoxy) is 1. The number of allylic oxidation sites excluding steroid dienone is 1. The van der Waals surface area contributed by atoms with Crippen LogP contribution in [0.4, 0.5) is 0 Å². The number of rotatable bonds is 4. The van der Waals surface area contributed by atoms with Gasteiger partial charge in [0.05, 0.1) is 6.61 Å². The van der Waals surface area contributed by atoms with Crippen molar-refractivity contribution in [3.8, 4) is 0 Å². The molecule has 0 spiro atoms. The molecule has 0 aromatic rings. The molecule has 1 aliphatic rings. The van der Waals surface area contributed by atoms with E-state index in [2.05, 4.69) is 27.7 Å². The Morgan fingerprint density at radius 1 is 1.41 bits per heavy atom. The smallest absolute Gasteiger partial charge is 0.305 e. The van der Waals surface area contributed by atoms with Gasteiger partial charge in [-0.2, -0.15) is 0 Å². The van der Waals surface area contributed by atoms with Crippen molar-refractivity contribution in [3.05, 3.63) is 11.1 Å². The summed E-state index contributed by atoms with van der Waals surface area (Å²) in [5.74, 6) is 0.316. The normalized spacial score (nSPS) is 23.7. The van der Waals surface area contributed by atoms with Crippen LogP contribution in [-0.4, -0.2) is 12.6 Å². The van der Waals surface area contributed by atoms with Gasteiger partial charge in [0, 0.05) is 12.3 Å². The van der Waals surface area contributed by atoms with Crippen LogP contribution in [0.5, 0.6) is 0 Å². The van der Waals surface area contributed by atoms with Crippen LogP contribution < -0.4 is 0 Å². The number of carbonyl (C=O) groups is 1. The van der Waals surface area contributed by atoms with Crippen LogP contribution in [0.25, 0.3) is 0 Å². The first-order valence-electron chi connectivity index (χ1n) is 6.76. The molecule has 0 heterocycles. The first-order valence-corrected chi connectivity index (χ1v) is 6.76. The second kappa shape index (κ2) is 5.70. The van der Waals surface area contributed by atoms with Crippen molar-refractivity contribution in [2.75, 3.05) is 6.61 Å². The Labute approximate surface area is 105 Å². The Morgan fingerprint density at radius 2 is 2.06 bits per heavy atom. The lowest BCUT2D eigenvalue weighted by Gasteiger charge is -2.40. The Balaban J connectivity index is 2.82. The quantitative estimate of drug-likeness (QED) is 0.544. The van der Waals surface area contributed by atoms with Gasteiger partial charge in [-0.15, -0.1) is 0 Å². The second-order valence-electron chi connectivity index (χ2n) is 5.74. The molecule has 1 aliphatic carbocycles. The van der Waals surface area contributed by atoms with Crippen LogP contribution >= 0.6 is 0 Å².